The number of fused-ring (bicyclic) bond motifs is 1. The van der Waals surface area contributed by atoms with Gasteiger partial charge in [0.15, 0.2) is 11.9 Å². The van der Waals surface area contributed by atoms with Crippen molar-refractivity contribution in [3.8, 4) is 23.3 Å². The van der Waals surface area contributed by atoms with E-state index in [0.29, 0.717) is 24.1 Å². The van der Waals surface area contributed by atoms with Crippen LogP contribution < -0.4 is 14.2 Å². The predicted octanol–water partition coefficient (Wildman–Crippen LogP) is 1.70. The number of pyridine rings is 2. The highest BCUT2D eigenvalue weighted by Crippen LogP contribution is 2.36. The van der Waals surface area contributed by atoms with Crippen molar-refractivity contribution in [2.45, 2.75) is 6.10 Å². The first kappa shape index (κ1) is 11.6. The van der Waals surface area contributed by atoms with E-state index in [1.54, 1.807) is 19.4 Å². The summed E-state index contributed by atoms with van der Waals surface area (Å²) in [6.45, 7) is 0.339. The summed E-state index contributed by atoms with van der Waals surface area (Å²) in [7, 11) is 1.56. The van der Waals surface area contributed by atoms with Gasteiger partial charge in [0, 0.05) is 23.9 Å². The minimum Gasteiger partial charge on any atom is -0.506 e. The van der Waals surface area contributed by atoms with Gasteiger partial charge in [-0.3, -0.25) is 0 Å². The number of aromatic nitrogens is 2. The Labute approximate surface area is 109 Å². The van der Waals surface area contributed by atoms with Gasteiger partial charge in [-0.05, 0) is 6.07 Å². The standard InChI is InChI=1S/C13H12N2O4/c1-17-12-3-2-8(5-14-12)11-7-18-10-4-9(16)6-15-13(10)19-11/h2-6,11,16H,7H2,1H3/t11-/m1/s1. The van der Waals surface area contributed by atoms with E-state index >= 15 is 0 Å². The summed E-state index contributed by atoms with van der Waals surface area (Å²) < 4.78 is 16.2. The van der Waals surface area contributed by atoms with Crippen LogP contribution in [0.15, 0.2) is 30.6 Å². The highest BCUT2D eigenvalue weighted by molar-refractivity contribution is 5.40. The topological polar surface area (TPSA) is 73.7 Å². The molecule has 1 atom stereocenters. The molecule has 1 aliphatic rings. The number of ether oxygens (including phenoxy) is 3. The molecule has 6 heteroatoms. The summed E-state index contributed by atoms with van der Waals surface area (Å²) in [6.07, 6.45) is 2.72. The molecular formula is C13H12N2O4. The summed E-state index contributed by atoms with van der Waals surface area (Å²) in [5.41, 5.74) is 0.876. The van der Waals surface area contributed by atoms with E-state index in [0.717, 1.165) is 5.56 Å². The minimum absolute atomic E-state index is 0.0481. The lowest BCUT2D eigenvalue weighted by molar-refractivity contribution is 0.0843. The first-order valence-electron chi connectivity index (χ1n) is 5.74. The molecule has 3 heterocycles. The van der Waals surface area contributed by atoms with Crippen LogP contribution in [0.25, 0.3) is 0 Å². The summed E-state index contributed by atoms with van der Waals surface area (Å²) in [4.78, 5) is 8.11. The summed E-state index contributed by atoms with van der Waals surface area (Å²) in [5.74, 6) is 1.40. The fourth-order valence-corrected chi connectivity index (χ4v) is 1.82. The molecule has 6 nitrogen and oxygen atoms in total. The van der Waals surface area contributed by atoms with Crippen LogP contribution in [0.5, 0.6) is 23.3 Å². The van der Waals surface area contributed by atoms with Gasteiger partial charge in [0.1, 0.15) is 12.4 Å². The van der Waals surface area contributed by atoms with E-state index in [4.69, 9.17) is 14.2 Å². The molecule has 2 aromatic heterocycles. The van der Waals surface area contributed by atoms with E-state index in [1.807, 2.05) is 6.07 Å². The minimum atomic E-state index is -0.275. The van der Waals surface area contributed by atoms with Crippen LogP contribution in [0.3, 0.4) is 0 Å². The van der Waals surface area contributed by atoms with Crippen LogP contribution in [-0.2, 0) is 0 Å². The van der Waals surface area contributed by atoms with Gasteiger partial charge in [0.2, 0.25) is 5.88 Å². The maximum atomic E-state index is 9.31. The van der Waals surface area contributed by atoms with Crippen molar-refractivity contribution in [1.82, 2.24) is 9.97 Å². The van der Waals surface area contributed by atoms with Gasteiger partial charge in [-0.2, -0.15) is 0 Å². The number of nitrogens with zero attached hydrogens (tertiary/aromatic N) is 2. The summed E-state index contributed by atoms with van der Waals surface area (Å²) in [6, 6.07) is 5.11. The zero-order valence-electron chi connectivity index (χ0n) is 10.2. The van der Waals surface area contributed by atoms with Crippen molar-refractivity contribution in [2.75, 3.05) is 13.7 Å². The number of methoxy groups -OCH3 is 1. The molecule has 0 amide bonds. The van der Waals surface area contributed by atoms with Gasteiger partial charge in [-0.1, -0.05) is 0 Å². The number of hydrogen-bond acceptors (Lipinski definition) is 6. The molecule has 0 aromatic carbocycles. The van der Waals surface area contributed by atoms with Crippen molar-refractivity contribution in [1.29, 1.82) is 0 Å². The number of hydrogen-bond donors (Lipinski definition) is 1. The summed E-state index contributed by atoms with van der Waals surface area (Å²) >= 11 is 0. The lowest BCUT2D eigenvalue weighted by Gasteiger charge is -2.25. The SMILES string of the molecule is COc1ccc([C@H]2COc3cc(O)cnc3O2)cn1. The average molecular weight is 260 g/mol. The van der Waals surface area contributed by atoms with Gasteiger partial charge < -0.3 is 19.3 Å². The van der Waals surface area contributed by atoms with Crippen LogP contribution >= 0.6 is 0 Å². The Bertz CT molecular complexity index is 586. The van der Waals surface area contributed by atoms with E-state index in [9.17, 15) is 5.11 Å². The van der Waals surface area contributed by atoms with Crippen LogP contribution in [0, 0.1) is 0 Å². The van der Waals surface area contributed by atoms with Crippen molar-refractivity contribution in [3.05, 3.63) is 36.2 Å². The van der Waals surface area contributed by atoms with Gasteiger partial charge in [0.05, 0.1) is 13.3 Å². The Morgan fingerprint density at radius 1 is 1.32 bits per heavy atom. The van der Waals surface area contributed by atoms with Gasteiger partial charge >= 0.3 is 0 Å². The van der Waals surface area contributed by atoms with Crippen molar-refractivity contribution >= 4 is 0 Å². The number of aromatic hydroxyl groups is 1. The molecule has 3 rings (SSSR count). The second-order valence-electron chi connectivity index (χ2n) is 4.05. The maximum absolute atomic E-state index is 9.31. The Hall–Kier alpha value is -2.50. The molecule has 0 spiro atoms. The zero-order chi connectivity index (χ0) is 13.2. The van der Waals surface area contributed by atoms with Crippen LogP contribution in [0.2, 0.25) is 0 Å². The third-order valence-electron chi connectivity index (χ3n) is 2.79. The Morgan fingerprint density at radius 3 is 2.95 bits per heavy atom. The van der Waals surface area contributed by atoms with Gasteiger partial charge in [-0.25, -0.2) is 9.97 Å². The van der Waals surface area contributed by atoms with Crippen molar-refractivity contribution in [3.63, 3.8) is 0 Å². The fraction of sp³-hybridized carbons (Fsp3) is 0.231. The first-order chi connectivity index (χ1) is 9.26. The van der Waals surface area contributed by atoms with Crippen LogP contribution in [-0.4, -0.2) is 28.8 Å². The quantitative estimate of drug-likeness (QED) is 0.886. The molecule has 0 bridgehead atoms. The van der Waals surface area contributed by atoms with Crippen LogP contribution in [0.1, 0.15) is 11.7 Å². The van der Waals surface area contributed by atoms with E-state index < -0.39 is 0 Å². The third-order valence-corrected chi connectivity index (χ3v) is 2.79. The molecule has 1 aliphatic heterocycles. The molecule has 2 aromatic rings. The molecule has 98 valence electrons. The summed E-state index contributed by atoms with van der Waals surface area (Å²) in [5, 5.41) is 9.31. The monoisotopic (exact) mass is 260 g/mol. The lowest BCUT2D eigenvalue weighted by atomic mass is 10.1. The number of rotatable bonds is 2. The van der Waals surface area contributed by atoms with E-state index in [2.05, 4.69) is 9.97 Å². The largest absolute Gasteiger partial charge is 0.506 e. The molecular weight excluding hydrogens is 248 g/mol. The highest BCUT2D eigenvalue weighted by atomic mass is 16.6. The zero-order valence-corrected chi connectivity index (χ0v) is 10.2. The molecule has 19 heavy (non-hydrogen) atoms. The normalized spacial score (nSPS) is 17.0. The molecule has 1 N–H and O–H groups in total. The molecule has 0 saturated carbocycles. The Kier molecular flexibility index (Phi) is 2.83. The smallest absolute Gasteiger partial charge is 0.258 e. The molecule has 0 aliphatic carbocycles. The molecule has 0 unspecified atom stereocenters. The fourth-order valence-electron chi connectivity index (χ4n) is 1.82. The molecule has 0 saturated heterocycles. The molecule has 0 fully saturated rings. The highest BCUT2D eigenvalue weighted by Gasteiger charge is 2.24. The van der Waals surface area contributed by atoms with Crippen molar-refractivity contribution in [2.24, 2.45) is 0 Å². The van der Waals surface area contributed by atoms with Gasteiger partial charge in [-0.15, -0.1) is 0 Å². The second-order valence-corrected chi connectivity index (χ2v) is 4.05. The Balaban J connectivity index is 1.82. The molecule has 0 radical (unpaired) electrons. The van der Waals surface area contributed by atoms with Gasteiger partial charge in [0.25, 0.3) is 5.88 Å². The lowest BCUT2D eigenvalue weighted by Crippen LogP contribution is -2.22. The Morgan fingerprint density at radius 2 is 2.21 bits per heavy atom. The van der Waals surface area contributed by atoms with Crippen LogP contribution in [0.4, 0.5) is 0 Å². The van der Waals surface area contributed by atoms with E-state index in [1.165, 1.54) is 12.3 Å². The van der Waals surface area contributed by atoms with Crippen molar-refractivity contribution < 1.29 is 19.3 Å². The second kappa shape index (κ2) is 4.64. The first-order valence-corrected chi connectivity index (χ1v) is 5.74. The predicted molar refractivity (Wildman–Crippen MR) is 65.6 cm³/mol. The maximum Gasteiger partial charge on any atom is 0.258 e. The van der Waals surface area contributed by atoms with E-state index in [-0.39, 0.29) is 11.9 Å². The average Bonchev–Trinajstić information content (AvgIpc) is 2.47. The third kappa shape index (κ3) is 2.24.